The van der Waals surface area contributed by atoms with Crippen LogP contribution >= 0.6 is 34.7 Å². The van der Waals surface area contributed by atoms with E-state index < -0.39 is 6.04 Å². The zero-order valence-corrected chi connectivity index (χ0v) is 26.0. The normalized spacial score (nSPS) is 18.0. The molecule has 0 spiro atoms. The minimum atomic E-state index is -0.796. The highest BCUT2D eigenvalue weighted by Crippen LogP contribution is 2.26. The van der Waals surface area contributed by atoms with Crippen molar-refractivity contribution in [2.75, 3.05) is 50.9 Å². The maximum atomic E-state index is 13.7. The summed E-state index contributed by atoms with van der Waals surface area (Å²) in [7, 11) is 0. The first-order chi connectivity index (χ1) is 19.8. The number of aromatic nitrogens is 1. The topological polar surface area (TPSA) is 113 Å². The van der Waals surface area contributed by atoms with E-state index in [9.17, 15) is 14.4 Å². The molecule has 0 radical (unpaired) electrons. The van der Waals surface area contributed by atoms with Crippen LogP contribution in [0.2, 0.25) is 5.02 Å². The molecule has 2 saturated heterocycles. The Morgan fingerprint density at radius 2 is 1.95 bits per heavy atom. The summed E-state index contributed by atoms with van der Waals surface area (Å²) >= 11 is 9.53. The standard InChI is InChI=1S/C29H40ClN5O4S2/c1-3-4-26(36)32-23(16-27-33-22-6-5-21(30)15-25(22)41-27)29(38)34-24(20-7-11-39-12-8-20)17-31-28(37)19(2)18-35-9-13-40-14-10-35/h5-6,15,20,23-24H,2-4,7-14,16-18H2,1H3,(H,31,37)(H,32,36)(H,34,38)/t23-,24+/m0/s1. The third kappa shape index (κ3) is 9.68. The number of thiazole rings is 1. The number of ether oxygens (including phenoxy) is 1. The van der Waals surface area contributed by atoms with Gasteiger partial charge in [-0.15, -0.1) is 11.3 Å². The predicted molar refractivity (Wildman–Crippen MR) is 167 cm³/mol. The van der Waals surface area contributed by atoms with Gasteiger partial charge in [0.2, 0.25) is 17.7 Å². The molecular formula is C29H40ClN5O4S2. The SMILES string of the molecule is C=C(CN1CCSCC1)C(=O)NC[C@@H](NC(=O)[C@H](Cc1nc2ccc(Cl)cc2s1)NC(=O)CCC)C1CCOCC1. The Balaban J connectivity index is 1.43. The second-order valence-electron chi connectivity index (χ2n) is 10.6. The van der Waals surface area contributed by atoms with E-state index in [-0.39, 0.29) is 42.6 Å². The average molecular weight is 622 g/mol. The molecule has 3 N–H and O–H groups in total. The summed E-state index contributed by atoms with van der Waals surface area (Å²) < 4.78 is 6.48. The van der Waals surface area contributed by atoms with Crippen LogP contribution in [0.15, 0.2) is 30.4 Å². The van der Waals surface area contributed by atoms with Crippen LogP contribution in [0, 0.1) is 5.92 Å². The Morgan fingerprint density at radius 3 is 2.68 bits per heavy atom. The third-order valence-electron chi connectivity index (χ3n) is 7.39. The molecule has 1 aromatic heterocycles. The molecule has 4 rings (SSSR count). The minimum absolute atomic E-state index is 0.136. The maximum absolute atomic E-state index is 13.7. The molecule has 3 heterocycles. The molecule has 2 aliphatic rings. The smallest absolute Gasteiger partial charge is 0.247 e. The van der Waals surface area contributed by atoms with Crippen molar-refractivity contribution in [2.24, 2.45) is 5.92 Å². The van der Waals surface area contributed by atoms with E-state index in [2.05, 4.69) is 32.4 Å². The molecule has 0 aliphatic carbocycles. The van der Waals surface area contributed by atoms with Crippen LogP contribution in [0.5, 0.6) is 0 Å². The first-order valence-corrected chi connectivity index (χ1v) is 16.7. The lowest BCUT2D eigenvalue weighted by Crippen LogP contribution is -2.55. The first-order valence-electron chi connectivity index (χ1n) is 14.3. The van der Waals surface area contributed by atoms with Crippen molar-refractivity contribution in [3.8, 4) is 0 Å². The number of benzene rings is 1. The Hall–Kier alpha value is -2.18. The van der Waals surface area contributed by atoms with Gasteiger partial charge in [0.05, 0.1) is 15.2 Å². The molecule has 41 heavy (non-hydrogen) atoms. The molecule has 0 unspecified atom stereocenters. The van der Waals surface area contributed by atoms with Gasteiger partial charge >= 0.3 is 0 Å². The van der Waals surface area contributed by atoms with Gasteiger partial charge in [0.1, 0.15) is 6.04 Å². The quantitative estimate of drug-likeness (QED) is 0.294. The molecule has 3 amide bonds. The molecule has 2 aliphatic heterocycles. The molecule has 0 saturated carbocycles. The van der Waals surface area contributed by atoms with Gasteiger partial charge in [0, 0.05) is 80.4 Å². The number of carbonyl (C=O) groups is 3. The summed E-state index contributed by atoms with van der Waals surface area (Å²) in [5.74, 6) is 1.59. The van der Waals surface area contributed by atoms with Gasteiger partial charge in [-0.25, -0.2) is 4.98 Å². The predicted octanol–water partition coefficient (Wildman–Crippen LogP) is 3.41. The summed E-state index contributed by atoms with van der Waals surface area (Å²) in [6, 6.07) is 4.38. The van der Waals surface area contributed by atoms with E-state index in [1.54, 1.807) is 6.07 Å². The molecule has 0 bridgehead atoms. The zero-order chi connectivity index (χ0) is 29.2. The third-order valence-corrected chi connectivity index (χ3v) is 9.60. The van der Waals surface area contributed by atoms with Crippen LogP contribution in [0.1, 0.15) is 37.6 Å². The fraction of sp³-hybridized carbons (Fsp3) is 0.586. The summed E-state index contributed by atoms with van der Waals surface area (Å²) in [6.07, 6.45) is 2.82. The summed E-state index contributed by atoms with van der Waals surface area (Å²) in [4.78, 5) is 46.2. The fourth-order valence-electron chi connectivity index (χ4n) is 5.08. The van der Waals surface area contributed by atoms with Crippen molar-refractivity contribution in [3.05, 3.63) is 40.4 Å². The van der Waals surface area contributed by atoms with E-state index >= 15 is 0 Å². The highest BCUT2D eigenvalue weighted by molar-refractivity contribution is 7.99. The van der Waals surface area contributed by atoms with Gasteiger partial charge in [0.25, 0.3) is 0 Å². The Bertz CT molecular complexity index is 1210. The maximum Gasteiger partial charge on any atom is 0.247 e. The van der Waals surface area contributed by atoms with E-state index in [1.165, 1.54) is 11.3 Å². The van der Waals surface area contributed by atoms with Gasteiger partial charge < -0.3 is 20.7 Å². The van der Waals surface area contributed by atoms with Gasteiger partial charge in [-0.3, -0.25) is 19.3 Å². The van der Waals surface area contributed by atoms with Crippen molar-refractivity contribution in [2.45, 2.75) is 51.1 Å². The second-order valence-corrected chi connectivity index (χ2v) is 13.3. The fourth-order valence-corrected chi connectivity index (χ4v) is 7.34. The van der Waals surface area contributed by atoms with Crippen molar-refractivity contribution < 1.29 is 19.1 Å². The molecule has 2 aromatic rings. The number of hydrogen-bond acceptors (Lipinski definition) is 8. The van der Waals surface area contributed by atoms with Crippen molar-refractivity contribution >= 4 is 62.6 Å². The molecule has 12 heteroatoms. The highest BCUT2D eigenvalue weighted by Gasteiger charge is 2.30. The number of carbonyl (C=O) groups excluding carboxylic acids is 3. The summed E-state index contributed by atoms with van der Waals surface area (Å²) in [5.41, 5.74) is 1.33. The largest absolute Gasteiger partial charge is 0.381 e. The van der Waals surface area contributed by atoms with Gasteiger partial charge in [-0.05, 0) is 43.4 Å². The van der Waals surface area contributed by atoms with E-state index in [4.69, 9.17) is 16.3 Å². The monoisotopic (exact) mass is 621 g/mol. The van der Waals surface area contributed by atoms with E-state index in [0.717, 1.165) is 52.7 Å². The number of rotatable bonds is 13. The lowest BCUT2D eigenvalue weighted by Gasteiger charge is -2.32. The Morgan fingerprint density at radius 1 is 1.20 bits per heavy atom. The lowest BCUT2D eigenvalue weighted by atomic mass is 9.91. The van der Waals surface area contributed by atoms with Gasteiger partial charge in [-0.1, -0.05) is 25.1 Å². The van der Waals surface area contributed by atoms with E-state index in [0.29, 0.717) is 43.2 Å². The van der Waals surface area contributed by atoms with Crippen molar-refractivity contribution in [1.82, 2.24) is 25.8 Å². The number of amides is 3. The number of nitrogens with zero attached hydrogens (tertiary/aromatic N) is 2. The number of thioether (sulfide) groups is 1. The minimum Gasteiger partial charge on any atom is -0.381 e. The molecule has 224 valence electrons. The first kappa shape index (κ1) is 31.7. The van der Waals surface area contributed by atoms with Crippen LogP contribution in [0.4, 0.5) is 0 Å². The molecule has 9 nitrogen and oxygen atoms in total. The molecule has 2 atom stereocenters. The van der Waals surface area contributed by atoms with Gasteiger partial charge in [0.15, 0.2) is 0 Å². The zero-order valence-electron chi connectivity index (χ0n) is 23.6. The van der Waals surface area contributed by atoms with Gasteiger partial charge in [-0.2, -0.15) is 11.8 Å². The molecular weight excluding hydrogens is 582 g/mol. The van der Waals surface area contributed by atoms with E-state index in [1.807, 2.05) is 30.8 Å². The van der Waals surface area contributed by atoms with Crippen LogP contribution in [-0.2, 0) is 25.5 Å². The van der Waals surface area contributed by atoms with Crippen LogP contribution in [0.3, 0.4) is 0 Å². The molecule has 2 fully saturated rings. The average Bonchev–Trinajstić information content (AvgIpc) is 3.37. The summed E-state index contributed by atoms with van der Waals surface area (Å²) in [6.45, 7) is 9.87. The van der Waals surface area contributed by atoms with Crippen molar-refractivity contribution in [3.63, 3.8) is 0 Å². The highest BCUT2D eigenvalue weighted by atomic mass is 35.5. The van der Waals surface area contributed by atoms with Crippen molar-refractivity contribution in [1.29, 1.82) is 0 Å². The molecule has 1 aromatic carbocycles. The number of halogens is 1. The number of nitrogens with one attached hydrogen (secondary N) is 3. The Kier molecular flexibility index (Phi) is 12.3. The lowest BCUT2D eigenvalue weighted by molar-refractivity contribution is -0.130. The Labute approximate surface area is 255 Å². The number of fused-ring (bicyclic) bond motifs is 1. The van der Waals surface area contributed by atoms with Crippen LogP contribution in [-0.4, -0.2) is 90.6 Å². The van der Waals surface area contributed by atoms with Crippen LogP contribution in [0.25, 0.3) is 10.2 Å². The summed E-state index contributed by atoms with van der Waals surface area (Å²) in [5, 5.41) is 10.4. The van der Waals surface area contributed by atoms with Crippen LogP contribution < -0.4 is 16.0 Å². The number of hydrogen-bond donors (Lipinski definition) is 3. The second kappa shape index (κ2) is 15.9.